The molecule has 1 aromatic carbocycles. The molecule has 0 aliphatic heterocycles. The molecule has 0 amide bonds. The standard InChI is InChI=1S/C16H17F2N3/c1-3-19-13-8-12(20-16(21-13)10-5-6-10)11-7-4-9(2)14(17)15(11)18/h4,7-8,10H,3,5-6H2,1-2H3,(H,19,20,21). The van der Waals surface area contributed by atoms with Gasteiger partial charge in [0.25, 0.3) is 0 Å². The van der Waals surface area contributed by atoms with E-state index in [4.69, 9.17) is 0 Å². The number of benzene rings is 1. The summed E-state index contributed by atoms with van der Waals surface area (Å²) in [6.45, 7) is 4.22. The molecular formula is C16H17F2N3. The second kappa shape index (κ2) is 5.39. The van der Waals surface area contributed by atoms with Crippen LogP contribution in [0.25, 0.3) is 11.3 Å². The fraction of sp³-hybridized carbons (Fsp3) is 0.375. The van der Waals surface area contributed by atoms with E-state index in [0.29, 0.717) is 35.4 Å². The van der Waals surface area contributed by atoms with Gasteiger partial charge in [-0.1, -0.05) is 6.07 Å². The van der Waals surface area contributed by atoms with Crippen LogP contribution in [0.2, 0.25) is 0 Å². The first-order valence-electron chi connectivity index (χ1n) is 7.18. The fourth-order valence-electron chi connectivity index (χ4n) is 2.24. The minimum Gasteiger partial charge on any atom is -0.370 e. The van der Waals surface area contributed by atoms with E-state index in [0.717, 1.165) is 12.8 Å². The third-order valence-corrected chi connectivity index (χ3v) is 3.60. The Hall–Kier alpha value is -2.04. The molecular weight excluding hydrogens is 272 g/mol. The smallest absolute Gasteiger partial charge is 0.168 e. The Labute approximate surface area is 122 Å². The monoisotopic (exact) mass is 289 g/mol. The minimum absolute atomic E-state index is 0.182. The average molecular weight is 289 g/mol. The molecule has 3 rings (SSSR count). The first-order valence-corrected chi connectivity index (χ1v) is 7.18. The van der Waals surface area contributed by atoms with Crippen molar-refractivity contribution >= 4 is 5.82 Å². The van der Waals surface area contributed by atoms with Gasteiger partial charge in [0.1, 0.15) is 11.6 Å². The molecule has 0 radical (unpaired) electrons. The first-order chi connectivity index (χ1) is 10.1. The van der Waals surface area contributed by atoms with Crippen LogP contribution in [0.3, 0.4) is 0 Å². The van der Waals surface area contributed by atoms with Gasteiger partial charge in [-0.05, 0) is 38.3 Å². The van der Waals surface area contributed by atoms with Crippen LogP contribution in [0.1, 0.15) is 37.1 Å². The second-order valence-corrected chi connectivity index (χ2v) is 5.36. The second-order valence-electron chi connectivity index (χ2n) is 5.36. The van der Waals surface area contributed by atoms with Crippen LogP contribution >= 0.6 is 0 Å². The summed E-state index contributed by atoms with van der Waals surface area (Å²) in [6, 6.07) is 4.81. The van der Waals surface area contributed by atoms with Gasteiger partial charge in [-0.15, -0.1) is 0 Å². The molecule has 3 nitrogen and oxygen atoms in total. The van der Waals surface area contributed by atoms with Crippen molar-refractivity contribution in [2.75, 3.05) is 11.9 Å². The summed E-state index contributed by atoms with van der Waals surface area (Å²) in [4.78, 5) is 8.86. The van der Waals surface area contributed by atoms with Crippen LogP contribution in [-0.4, -0.2) is 16.5 Å². The number of hydrogen-bond acceptors (Lipinski definition) is 3. The maximum Gasteiger partial charge on any atom is 0.168 e. The fourth-order valence-corrected chi connectivity index (χ4v) is 2.24. The number of aryl methyl sites for hydroxylation is 1. The van der Waals surface area contributed by atoms with Crippen molar-refractivity contribution in [2.24, 2.45) is 0 Å². The van der Waals surface area contributed by atoms with E-state index in [-0.39, 0.29) is 5.56 Å². The van der Waals surface area contributed by atoms with Crippen molar-refractivity contribution < 1.29 is 8.78 Å². The Morgan fingerprint density at radius 1 is 1.19 bits per heavy atom. The third-order valence-electron chi connectivity index (χ3n) is 3.60. The molecule has 0 unspecified atom stereocenters. The number of halogens is 2. The van der Waals surface area contributed by atoms with Gasteiger partial charge in [-0.2, -0.15) is 0 Å². The van der Waals surface area contributed by atoms with Crippen LogP contribution in [0.15, 0.2) is 18.2 Å². The number of hydrogen-bond donors (Lipinski definition) is 1. The van der Waals surface area contributed by atoms with Crippen molar-refractivity contribution in [3.63, 3.8) is 0 Å². The van der Waals surface area contributed by atoms with E-state index >= 15 is 0 Å². The molecule has 1 aliphatic rings. The summed E-state index contributed by atoms with van der Waals surface area (Å²) in [5.74, 6) is 0.0521. The maximum atomic E-state index is 14.2. The molecule has 1 aliphatic carbocycles. The molecule has 1 aromatic heterocycles. The minimum atomic E-state index is -0.849. The van der Waals surface area contributed by atoms with E-state index in [1.807, 2.05) is 6.92 Å². The highest BCUT2D eigenvalue weighted by Gasteiger charge is 2.28. The van der Waals surface area contributed by atoms with Gasteiger partial charge in [0.15, 0.2) is 11.6 Å². The predicted molar refractivity (Wildman–Crippen MR) is 78.3 cm³/mol. The SMILES string of the molecule is CCNc1cc(-c2ccc(C)c(F)c2F)nc(C2CC2)n1. The number of nitrogens with one attached hydrogen (secondary N) is 1. The summed E-state index contributed by atoms with van der Waals surface area (Å²) in [6.07, 6.45) is 2.11. The summed E-state index contributed by atoms with van der Waals surface area (Å²) >= 11 is 0. The number of aromatic nitrogens is 2. The molecule has 0 saturated heterocycles. The quantitative estimate of drug-likeness (QED) is 0.923. The van der Waals surface area contributed by atoms with Crippen LogP contribution in [0.5, 0.6) is 0 Å². The van der Waals surface area contributed by atoms with Crippen molar-refractivity contribution in [2.45, 2.75) is 32.6 Å². The third kappa shape index (κ3) is 2.73. The lowest BCUT2D eigenvalue weighted by Crippen LogP contribution is -2.05. The van der Waals surface area contributed by atoms with Gasteiger partial charge in [0.05, 0.1) is 5.69 Å². The van der Waals surface area contributed by atoms with Gasteiger partial charge in [0.2, 0.25) is 0 Å². The van der Waals surface area contributed by atoms with Gasteiger partial charge in [-0.3, -0.25) is 0 Å². The van der Waals surface area contributed by atoms with Crippen molar-refractivity contribution in [1.29, 1.82) is 0 Å². The topological polar surface area (TPSA) is 37.8 Å². The Kier molecular flexibility index (Phi) is 3.57. The lowest BCUT2D eigenvalue weighted by Gasteiger charge is -2.10. The molecule has 21 heavy (non-hydrogen) atoms. The number of anilines is 1. The molecule has 0 atom stereocenters. The van der Waals surface area contributed by atoms with E-state index in [9.17, 15) is 8.78 Å². The highest BCUT2D eigenvalue weighted by atomic mass is 19.2. The van der Waals surface area contributed by atoms with Crippen LogP contribution in [-0.2, 0) is 0 Å². The Morgan fingerprint density at radius 2 is 1.95 bits per heavy atom. The van der Waals surface area contributed by atoms with E-state index < -0.39 is 11.6 Å². The maximum absolute atomic E-state index is 14.2. The lowest BCUT2D eigenvalue weighted by atomic mass is 10.1. The van der Waals surface area contributed by atoms with Gasteiger partial charge in [0, 0.05) is 24.1 Å². The number of nitrogens with zero attached hydrogens (tertiary/aromatic N) is 2. The Balaban J connectivity index is 2.10. The zero-order valence-electron chi connectivity index (χ0n) is 12.1. The molecule has 1 fully saturated rings. The molecule has 5 heteroatoms. The van der Waals surface area contributed by atoms with Crippen LogP contribution in [0.4, 0.5) is 14.6 Å². The van der Waals surface area contributed by atoms with Crippen molar-refractivity contribution in [3.8, 4) is 11.3 Å². The molecule has 110 valence electrons. The van der Waals surface area contributed by atoms with Crippen LogP contribution < -0.4 is 5.32 Å². The Morgan fingerprint density at radius 3 is 2.62 bits per heavy atom. The van der Waals surface area contributed by atoms with Crippen molar-refractivity contribution in [1.82, 2.24) is 9.97 Å². The van der Waals surface area contributed by atoms with Crippen LogP contribution in [0, 0.1) is 18.6 Å². The average Bonchev–Trinajstić information content (AvgIpc) is 3.29. The van der Waals surface area contributed by atoms with E-state index in [1.165, 1.54) is 0 Å². The van der Waals surface area contributed by atoms with Gasteiger partial charge < -0.3 is 5.32 Å². The molecule has 0 bridgehead atoms. The largest absolute Gasteiger partial charge is 0.370 e. The molecule has 1 heterocycles. The summed E-state index contributed by atoms with van der Waals surface area (Å²) in [5, 5.41) is 3.12. The highest BCUT2D eigenvalue weighted by Crippen LogP contribution is 2.39. The van der Waals surface area contributed by atoms with Gasteiger partial charge >= 0.3 is 0 Å². The predicted octanol–water partition coefficient (Wildman–Crippen LogP) is 4.04. The highest BCUT2D eigenvalue weighted by molar-refractivity contribution is 5.64. The zero-order chi connectivity index (χ0) is 15.0. The first kappa shape index (κ1) is 13.9. The lowest BCUT2D eigenvalue weighted by molar-refractivity contribution is 0.505. The normalized spacial score (nSPS) is 14.3. The van der Waals surface area contributed by atoms with E-state index in [1.54, 1.807) is 25.1 Å². The summed E-state index contributed by atoms with van der Waals surface area (Å²) in [7, 11) is 0. The molecule has 1 N–H and O–H groups in total. The Bertz CT molecular complexity index is 681. The zero-order valence-corrected chi connectivity index (χ0v) is 12.1. The summed E-state index contributed by atoms with van der Waals surface area (Å²) < 4.78 is 27.9. The molecule has 2 aromatic rings. The molecule has 0 spiro atoms. The van der Waals surface area contributed by atoms with Crippen molar-refractivity contribution in [3.05, 3.63) is 41.2 Å². The van der Waals surface area contributed by atoms with Gasteiger partial charge in [-0.25, -0.2) is 18.7 Å². The molecule has 1 saturated carbocycles. The summed E-state index contributed by atoms with van der Waals surface area (Å²) in [5.41, 5.74) is 0.903. The number of rotatable bonds is 4. The van der Waals surface area contributed by atoms with E-state index in [2.05, 4.69) is 15.3 Å².